The standard InChI is InChI=1S/C17H19N3O2S/c18-17(22)15(10-13-4-2-1-3-5-13)20-16(21)12-23-11-14-6-8-19-9-7-14/h1-9,15H,10-12H2,(H2,18,22)(H,20,21)/t15-/m0/s1. The Morgan fingerprint density at radius 3 is 2.43 bits per heavy atom. The molecule has 0 unspecified atom stereocenters. The van der Waals surface area contributed by atoms with Crippen LogP contribution in [-0.2, 0) is 21.8 Å². The molecular formula is C17H19N3O2S. The number of pyridine rings is 1. The molecule has 3 N–H and O–H groups in total. The number of carbonyl (C=O) groups is 2. The molecule has 1 aromatic heterocycles. The molecular weight excluding hydrogens is 310 g/mol. The van der Waals surface area contributed by atoms with Crippen LogP contribution in [0, 0.1) is 0 Å². The van der Waals surface area contributed by atoms with Crippen LogP contribution in [0.1, 0.15) is 11.1 Å². The molecule has 1 aromatic carbocycles. The molecule has 0 saturated carbocycles. The summed E-state index contributed by atoms with van der Waals surface area (Å²) in [5, 5.41) is 2.70. The van der Waals surface area contributed by atoms with Crippen molar-refractivity contribution in [2.75, 3.05) is 5.75 Å². The SMILES string of the molecule is NC(=O)[C@H](Cc1ccccc1)NC(=O)CSCc1ccncc1. The number of aromatic nitrogens is 1. The minimum Gasteiger partial charge on any atom is -0.368 e. The van der Waals surface area contributed by atoms with Gasteiger partial charge in [0, 0.05) is 24.6 Å². The summed E-state index contributed by atoms with van der Waals surface area (Å²) in [5.41, 5.74) is 7.45. The smallest absolute Gasteiger partial charge is 0.240 e. The minimum atomic E-state index is -0.688. The number of nitrogens with zero attached hydrogens (tertiary/aromatic N) is 1. The molecule has 120 valence electrons. The fourth-order valence-electron chi connectivity index (χ4n) is 2.05. The molecule has 0 aliphatic heterocycles. The summed E-state index contributed by atoms with van der Waals surface area (Å²) >= 11 is 1.48. The number of carbonyl (C=O) groups excluding carboxylic acids is 2. The molecule has 0 saturated heterocycles. The fourth-order valence-corrected chi connectivity index (χ4v) is 2.85. The van der Waals surface area contributed by atoms with Crippen molar-refractivity contribution in [2.24, 2.45) is 5.73 Å². The van der Waals surface area contributed by atoms with Crippen molar-refractivity contribution in [3.05, 3.63) is 66.0 Å². The Hall–Kier alpha value is -2.34. The maximum Gasteiger partial charge on any atom is 0.240 e. The van der Waals surface area contributed by atoms with E-state index >= 15 is 0 Å². The van der Waals surface area contributed by atoms with E-state index in [0.717, 1.165) is 16.9 Å². The predicted molar refractivity (Wildman–Crippen MR) is 91.7 cm³/mol. The van der Waals surface area contributed by atoms with Crippen molar-refractivity contribution in [1.29, 1.82) is 0 Å². The van der Waals surface area contributed by atoms with E-state index in [-0.39, 0.29) is 11.7 Å². The van der Waals surface area contributed by atoms with Crippen molar-refractivity contribution in [2.45, 2.75) is 18.2 Å². The van der Waals surface area contributed by atoms with E-state index in [1.165, 1.54) is 11.8 Å². The van der Waals surface area contributed by atoms with Gasteiger partial charge in [-0.3, -0.25) is 14.6 Å². The van der Waals surface area contributed by atoms with Crippen LogP contribution >= 0.6 is 11.8 Å². The molecule has 2 rings (SSSR count). The maximum absolute atomic E-state index is 12.0. The lowest BCUT2D eigenvalue weighted by atomic mass is 10.1. The van der Waals surface area contributed by atoms with Crippen LogP contribution in [-0.4, -0.2) is 28.6 Å². The van der Waals surface area contributed by atoms with Gasteiger partial charge in [0.05, 0.1) is 5.75 Å². The average molecular weight is 329 g/mol. The van der Waals surface area contributed by atoms with Crippen molar-refractivity contribution in [3.63, 3.8) is 0 Å². The average Bonchev–Trinajstić information content (AvgIpc) is 2.56. The van der Waals surface area contributed by atoms with Crippen LogP contribution in [0.4, 0.5) is 0 Å². The summed E-state index contributed by atoms with van der Waals surface area (Å²) in [5.74, 6) is 0.279. The van der Waals surface area contributed by atoms with Crippen molar-refractivity contribution in [1.82, 2.24) is 10.3 Å². The summed E-state index contributed by atoms with van der Waals surface area (Å²) in [4.78, 5) is 27.5. The summed E-state index contributed by atoms with van der Waals surface area (Å²) in [7, 11) is 0. The van der Waals surface area contributed by atoms with E-state index in [9.17, 15) is 9.59 Å². The zero-order valence-electron chi connectivity index (χ0n) is 12.6. The normalized spacial score (nSPS) is 11.7. The second kappa shape index (κ2) is 8.95. The molecule has 6 heteroatoms. The molecule has 0 bridgehead atoms. The lowest BCUT2D eigenvalue weighted by Crippen LogP contribution is -2.46. The Kier molecular flexibility index (Phi) is 6.62. The number of nitrogens with two attached hydrogens (primary N) is 1. The zero-order valence-corrected chi connectivity index (χ0v) is 13.5. The maximum atomic E-state index is 12.0. The van der Waals surface area contributed by atoms with Crippen molar-refractivity contribution < 1.29 is 9.59 Å². The molecule has 1 atom stereocenters. The van der Waals surface area contributed by atoms with E-state index in [2.05, 4.69) is 10.3 Å². The van der Waals surface area contributed by atoms with Gasteiger partial charge >= 0.3 is 0 Å². The first-order valence-electron chi connectivity index (χ1n) is 7.24. The quantitative estimate of drug-likeness (QED) is 0.769. The fraction of sp³-hybridized carbons (Fsp3) is 0.235. The lowest BCUT2D eigenvalue weighted by Gasteiger charge is -2.15. The Morgan fingerprint density at radius 2 is 1.78 bits per heavy atom. The summed E-state index contributed by atoms with van der Waals surface area (Å²) in [6, 6.07) is 12.6. The van der Waals surface area contributed by atoms with Crippen molar-refractivity contribution in [3.8, 4) is 0 Å². The van der Waals surface area contributed by atoms with Crippen LogP contribution in [0.5, 0.6) is 0 Å². The highest BCUT2D eigenvalue weighted by Crippen LogP contribution is 2.11. The zero-order chi connectivity index (χ0) is 16.5. The van der Waals surface area contributed by atoms with E-state index in [1.54, 1.807) is 12.4 Å². The molecule has 0 aliphatic carbocycles. The number of hydrogen-bond acceptors (Lipinski definition) is 4. The topological polar surface area (TPSA) is 85.1 Å². The summed E-state index contributed by atoms with van der Waals surface area (Å²) < 4.78 is 0. The molecule has 0 radical (unpaired) electrons. The van der Waals surface area contributed by atoms with Gasteiger partial charge in [0.2, 0.25) is 11.8 Å². The lowest BCUT2D eigenvalue weighted by molar-refractivity contribution is -0.125. The first-order chi connectivity index (χ1) is 11.1. The van der Waals surface area contributed by atoms with Crippen LogP contribution in [0.15, 0.2) is 54.9 Å². The number of amides is 2. The van der Waals surface area contributed by atoms with Gasteiger partial charge in [0.25, 0.3) is 0 Å². The van der Waals surface area contributed by atoms with Gasteiger partial charge in [-0.25, -0.2) is 0 Å². The Bertz CT molecular complexity index is 635. The molecule has 0 fully saturated rings. The van der Waals surface area contributed by atoms with Crippen molar-refractivity contribution >= 4 is 23.6 Å². The summed E-state index contributed by atoms with van der Waals surface area (Å²) in [6.45, 7) is 0. The van der Waals surface area contributed by atoms with E-state index in [0.29, 0.717) is 6.42 Å². The largest absolute Gasteiger partial charge is 0.368 e. The van der Waals surface area contributed by atoms with Gasteiger partial charge in [-0.15, -0.1) is 11.8 Å². The van der Waals surface area contributed by atoms with Crippen LogP contribution in [0.2, 0.25) is 0 Å². The van der Waals surface area contributed by atoms with Gasteiger partial charge in [0.1, 0.15) is 6.04 Å². The Labute approximate surface area is 139 Å². The first-order valence-corrected chi connectivity index (χ1v) is 8.40. The first kappa shape index (κ1) is 17.0. The number of rotatable bonds is 8. The third kappa shape index (κ3) is 6.12. The van der Waals surface area contributed by atoms with E-state index in [1.807, 2.05) is 42.5 Å². The van der Waals surface area contributed by atoms with Gasteiger partial charge in [-0.2, -0.15) is 0 Å². The number of nitrogens with one attached hydrogen (secondary N) is 1. The van der Waals surface area contributed by atoms with Gasteiger partial charge in [0.15, 0.2) is 0 Å². The highest BCUT2D eigenvalue weighted by Gasteiger charge is 2.18. The van der Waals surface area contributed by atoms with Gasteiger partial charge in [-0.1, -0.05) is 30.3 Å². The number of primary amides is 1. The third-order valence-corrected chi connectivity index (χ3v) is 4.22. The molecule has 2 aromatic rings. The molecule has 23 heavy (non-hydrogen) atoms. The van der Waals surface area contributed by atoms with Crippen LogP contribution in [0.25, 0.3) is 0 Å². The molecule has 0 spiro atoms. The van der Waals surface area contributed by atoms with Crippen LogP contribution < -0.4 is 11.1 Å². The minimum absolute atomic E-state index is 0.191. The number of hydrogen-bond donors (Lipinski definition) is 2. The Balaban J connectivity index is 1.80. The molecule has 0 aliphatic rings. The Morgan fingerprint density at radius 1 is 1.09 bits per heavy atom. The second-order valence-electron chi connectivity index (χ2n) is 5.06. The monoisotopic (exact) mass is 329 g/mol. The summed E-state index contributed by atoms with van der Waals surface area (Å²) in [6.07, 6.45) is 3.84. The van der Waals surface area contributed by atoms with E-state index < -0.39 is 11.9 Å². The second-order valence-corrected chi connectivity index (χ2v) is 6.05. The van der Waals surface area contributed by atoms with Gasteiger partial charge in [-0.05, 0) is 23.3 Å². The van der Waals surface area contributed by atoms with Gasteiger partial charge < -0.3 is 11.1 Å². The number of benzene rings is 1. The predicted octanol–water partition coefficient (Wildman–Crippen LogP) is 1.53. The highest BCUT2D eigenvalue weighted by molar-refractivity contribution is 7.99. The highest BCUT2D eigenvalue weighted by atomic mass is 32.2. The number of thioether (sulfide) groups is 1. The third-order valence-electron chi connectivity index (χ3n) is 3.21. The molecule has 2 amide bonds. The molecule has 5 nitrogen and oxygen atoms in total. The van der Waals surface area contributed by atoms with E-state index in [4.69, 9.17) is 5.73 Å². The molecule has 1 heterocycles. The van der Waals surface area contributed by atoms with Crippen LogP contribution in [0.3, 0.4) is 0 Å².